The molecule has 12 rings (SSSR count). The van der Waals surface area contributed by atoms with Crippen LogP contribution < -0.4 is 9.80 Å². The summed E-state index contributed by atoms with van der Waals surface area (Å²) in [6.07, 6.45) is 5.97. The molecule has 1 saturated carbocycles. The van der Waals surface area contributed by atoms with E-state index in [2.05, 4.69) is 240 Å². The van der Waals surface area contributed by atoms with Gasteiger partial charge in [0.15, 0.2) is 0 Å². The number of hydrogen-bond acceptors (Lipinski definition) is 2. The van der Waals surface area contributed by atoms with E-state index in [1.807, 2.05) is 0 Å². The van der Waals surface area contributed by atoms with E-state index in [4.69, 9.17) is 0 Å². The van der Waals surface area contributed by atoms with Crippen molar-refractivity contribution in [3.05, 3.63) is 242 Å². The molecule has 10 aromatic carbocycles. The van der Waals surface area contributed by atoms with Crippen molar-refractivity contribution in [2.24, 2.45) is 0 Å². The fraction of sp³-hybridized carbons (Fsp3) is 0.0968. The smallest absolute Gasteiger partial charge is 0.0540 e. The standard InChI is InChI=1S/C62H48N2/c1-4-18-44(19-5-1)48-26-14-28-50(40-48)63(60-32-16-24-46-22-8-10-30-54(46)60)52-34-36-56-57-37-35-53(43-59(57)62(58(56)42-52)38-12-3-13-39-62)64(61-33-17-25-47-23-9-11-31-55(47)61)51-29-15-27-49(41-51)45-20-6-2-7-21-45/h1-2,4-11,14-37,40-43H,3,12-13,38-39H2. The molecule has 64 heavy (non-hydrogen) atoms. The lowest BCUT2D eigenvalue weighted by Gasteiger charge is -2.37. The molecule has 0 heterocycles. The highest BCUT2D eigenvalue weighted by Gasteiger charge is 2.44. The molecule has 2 nitrogen and oxygen atoms in total. The molecule has 1 fully saturated rings. The van der Waals surface area contributed by atoms with E-state index in [9.17, 15) is 0 Å². The van der Waals surface area contributed by atoms with Crippen LogP contribution >= 0.6 is 0 Å². The SMILES string of the molecule is c1ccc(-c2cccc(N(c3ccc4c(c3)C3(CCCCC3)c3cc(N(c5cccc(-c6ccccc6)c5)c5cccc6ccccc56)ccc3-4)c3cccc4ccccc34)c2)cc1. The molecule has 1 spiro atoms. The summed E-state index contributed by atoms with van der Waals surface area (Å²) in [5, 5.41) is 4.94. The summed E-state index contributed by atoms with van der Waals surface area (Å²) in [7, 11) is 0. The van der Waals surface area contributed by atoms with Crippen LogP contribution in [0.1, 0.15) is 43.2 Å². The molecule has 0 aliphatic heterocycles. The van der Waals surface area contributed by atoms with Gasteiger partial charge in [-0.3, -0.25) is 0 Å². The van der Waals surface area contributed by atoms with E-state index in [1.165, 1.54) is 108 Å². The van der Waals surface area contributed by atoms with Gasteiger partial charge in [-0.1, -0.05) is 189 Å². The second-order valence-electron chi connectivity index (χ2n) is 17.6. The Bertz CT molecular complexity index is 3100. The van der Waals surface area contributed by atoms with Crippen LogP contribution in [0.4, 0.5) is 34.1 Å². The van der Waals surface area contributed by atoms with Crippen molar-refractivity contribution < 1.29 is 0 Å². The summed E-state index contributed by atoms with van der Waals surface area (Å²) in [5.74, 6) is 0. The Labute approximate surface area is 376 Å². The minimum Gasteiger partial charge on any atom is -0.310 e. The Balaban J connectivity index is 1.04. The summed E-state index contributed by atoms with van der Waals surface area (Å²) in [6, 6.07) is 85.4. The van der Waals surface area contributed by atoms with Crippen molar-refractivity contribution in [2.45, 2.75) is 37.5 Å². The lowest BCUT2D eigenvalue weighted by Crippen LogP contribution is -2.28. The molecule has 0 atom stereocenters. The topological polar surface area (TPSA) is 6.48 Å². The van der Waals surface area contributed by atoms with Crippen LogP contribution in [-0.4, -0.2) is 0 Å². The van der Waals surface area contributed by atoms with Crippen molar-refractivity contribution >= 4 is 55.7 Å². The van der Waals surface area contributed by atoms with Crippen LogP contribution in [-0.2, 0) is 5.41 Å². The van der Waals surface area contributed by atoms with Crippen LogP contribution in [0.2, 0.25) is 0 Å². The van der Waals surface area contributed by atoms with Gasteiger partial charge in [0, 0.05) is 38.9 Å². The van der Waals surface area contributed by atoms with Crippen molar-refractivity contribution in [3.63, 3.8) is 0 Å². The van der Waals surface area contributed by atoms with E-state index in [0.717, 1.165) is 24.2 Å². The normalized spacial score (nSPS) is 13.8. The van der Waals surface area contributed by atoms with E-state index >= 15 is 0 Å². The van der Waals surface area contributed by atoms with Gasteiger partial charge in [-0.25, -0.2) is 0 Å². The van der Waals surface area contributed by atoms with Crippen molar-refractivity contribution in [1.29, 1.82) is 0 Å². The second-order valence-corrected chi connectivity index (χ2v) is 17.6. The van der Waals surface area contributed by atoms with Gasteiger partial charge in [0.25, 0.3) is 0 Å². The monoisotopic (exact) mass is 820 g/mol. The summed E-state index contributed by atoms with van der Waals surface area (Å²) >= 11 is 0. The number of rotatable bonds is 8. The molecule has 306 valence electrons. The molecular weight excluding hydrogens is 773 g/mol. The van der Waals surface area contributed by atoms with E-state index in [-0.39, 0.29) is 5.41 Å². The minimum atomic E-state index is -0.0957. The zero-order chi connectivity index (χ0) is 42.5. The van der Waals surface area contributed by atoms with Gasteiger partial charge in [0.05, 0.1) is 11.4 Å². The highest BCUT2D eigenvalue weighted by Crippen LogP contribution is 2.58. The van der Waals surface area contributed by atoms with Gasteiger partial charge < -0.3 is 9.80 Å². The average molecular weight is 821 g/mol. The maximum atomic E-state index is 2.56. The minimum absolute atomic E-state index is 0.0957. The van der Waals surface area contributed by atoms with Gasteiger partial charge in [0.2, 0.25) is 0 Å². The van der Waals surface area contributed by atoms with Crippen LogP contribution in [0.3, 0.4) is 0 Å². The van der Waals surface area contributed by atoms with E-state index in [0.29, 0.717) is 0 Å². The Hall–Kier alpha value is -7.68. The maximum Gasteiger partial charge on any atom is 0.0540 e. The molecular formula is C62H48N2. The zero-order valence-electron chi connectivity index (χ0n) is 35.9. The summed E-state index contributed by atoms with van der Waals surface area (Å²) in [4.78, 5) is 5.00. The third-order valence-corrected chi connectivity index (χ3v) is 14.0. The first-order valence-corrected chi connectivity index (χ1v) is 22.9. The molecule has 0 amide bonds. The molecule has 0 bridgehead atoms. The van der Waals surface area contributed by atoms with Crippen LogP contribution in [0.25, 0.3) is 54.9 Å². The molecule has 2 heteroatoms. The third kappa shape index (κ3) is 6.48. The highest BCUT2D eigenvalue weighted by atomic mass is 15.1. The highest BCUT2D eigenvalue weighted by molar-refractivity contribution is 6.01. The number of benzene rings is 10. The van der Waals surface area contributed by atoms with Crippen LogP contribution in [0, 0.1) is 0 Å². The molecule has 0 N–H and O–H groups in total. The van der Waals surface area contributed by atoms with Gasteiger partial charge in [0.1, 0.15) is 0 Å². The molecule has 2 aliphatic rings. The van der Waals surface area contributed by atoms with Gasteiger partial charge >= 0.3 is 0 Å². The van der Waals surface area contributed by atoms with Crippen LogP contribution in [0.15, 0.2) is 231 Å². The predicted octanol–water partition coefficient (Wildman–Crippen LogP) is 17.5. The largest absolute Gasteiger partial charge is 0.310 e. The number of fused-ring (bicyclic) bond motifs is 7. The first kappa shape index (κ1) is 38.0. The second kappa shape index (κ2) is 15.9. The molecule has 0 unspecified atom stereocenters. The first-order chi connectivity index (χ1) is 31.7. The summed E-state index contributed by atoms with van der Waals surface area (Å²) in [5.41, 5.74) is 17.4. The molecule has 0 radical (unpaired) electrons. The fourth-order valence-corrected chi connectivity index (χ4v) is 11.0. The van der Waals surface area contributed by atoms with E-state index in [1.54, 1.807) is 0 Å². The van der Waals surface area contributed by atoms with Crippen molar-refractivity contribution in [1.82, 2.24) is 0 Å². The van der Waals surface area contributed by atoms with Gasteiger partial charge in [-0.2, -0.15) is 0 Å². The predicted molar refractivity (Wildman–Crippen MR) is 271 cm³/mol. The van der Waals surface area contributed by atoms with Gasteiger partial charge in [-0.15, -0.1) is 0 Å². The third-order valence-electron chi connectivity index (χ3n) is 14.0. The lowest BCUT2D eigenvalue weighted by molar-refractivity contribution is 0.353. The Morgan fingerprint density at radius 2 is 0.688 bits per heavy atom. The summed E-state index contributed by atoms with van der Waals surface area (Å²) < 4.78 is 0. The molecule has 0 aromatic heterocycles. The Morgan fingerprint density at radius 3 is 1.17 bits per heavy atom. The first-order valence-electron chi connectivity index (χ1n) is 22.9. The quantitative estimate of drug-likeness (QED) is 0.151. The Morgan fingerprint density at radius 1 is 0.297 bits per heavy atom. The molecule has 2 aliphatic carbocycles. The van der Waals surface area contributed by atoms with Crippen LogP contribution in [0.5, 0.6) is 0 Å². The fourth-order valence-electron chi connectivity index (χ4n) is 11.0. The van der Waals surface area contributed by atoms with Crippen molar-refractivity contribution in [2.75, 3.05) is 9.80 Å². The van der Waals surface area contributed by atoms with Crippen molar-refractivity contribution in [3.8, 4) is 33.4 Å². The average Bonchev–Trinajstić information content (AvgIpc) is 3.62. The lowest BCUT2D eigenvalue weighted by atomic mass is 9.67. The Kier molecular flexibility index (Phi) is 9.45. The molecule has 0 saturated heterocycles. The van der Waals surface area contributed by atoms with Gasteiger partial charge in [-0.05, 0) is 129 Å². The maximum absolute atomic E-state index is 2.56. The number of hydrogen-bond donors (Lipinski definition) is 0. The number of anilines is 6. The summed E-state index contributed by atoms with van der Waals surface area (Å²) in [6.45, 7) is 0. The zero-order valence-corrected chi connectivity index (χ0v) is 35.9. The van der Waals surface area contributed by atoms with E-state index < -0.39 is 0 Å². The molecule has 10 aromatic rings. The number of nitrogens with zero attached hydrogens (tertiary/aromatic N) is 2.